The quantitative estimate of drug-likeness (QED) is 0.211. The summed E-state index contributed by atoms with van der Waals surface area (Å²) in [5, 5.41) is 14.5. The van der Waals surface area contributed by atoms with Crippen LogP contribution in [0, 0.1) is 23.3 Å². The van der Waals surface area contributed by atoms with Gasteiger partial charge in [-0.05, 0) is 88.8 Å². The lowest BCUT2D eigenvalue weighted by atomic mass is 9.97. The van der Waals surface area contributed by atoms with Crippen molar-refractivity contribution in [2.24, 2.45) is 0 Å². The van der Waals surface area contributed by atoms with Crippen LogP contribution in [-0.2, 0) is 36.8 Å². The van der Waals surface area contributed by atoms with Crippen LogP contribution in [-0.4, -0.2) is 95.1 Å². The Morgan fingerprint density at radius 2 is 1.06 bits per heavy atom. The van der Waals surface area contributed by atoms with Crippen LogP contribution >= 0.6 is 0 Å². The monoisotopic (exact) mass is 722 g/mol. The van der Waals surface area contributed by atoms with E-state index < -0.39 is 47.3 Å². The van der Waals surface area contributed by atoms with Crippen molar-refractivity contribution in [1.82, 2.24) is 20.4 Å². The molecule has 282 valence electrons. The first-order chi connectivity index (χ1) is 24.1. The number of amides is 2. The number of likely N-dealkylation sites (tertiary alicyclic amines) is 2. The van der Waals surface area contributed by atoms with E-state index in [1.165, 1.54) is 19.2 Å². The van der Waals surface area contributed by atoms with Crippen LogP contribution < -0.4 is 10.6 Å². The minimum atomic E-state index is -1.21. The molecule has 6 atom stereocenters. The number of rotatable bonds is 12. The summed E-state index contributed by atoms with van der Waals surface area (Å²) in [7, 11) is 1.22. The first-order valence-electron chi connectivity index (χ1n) is 17.4. The number of aliphatic carboxylic acids is 1. The molecule has 10 nitrogen and oxygen atoms in total. The number of hydrogen-bond donors (Lipinski definition) is 3. The van der Waals surface area contributed by atoms with Crippen LogP contribution in [0.2, 0.25) is 0 Å². The minimum Gasteiger partial charge on any atom is -0.480 e. The summed E-state index contributed by atoms with van der Waals surface area (Å²) in [6.45, 7) is 8.60. The standard InChI is InChI=1S/C19H26F2N2O3.C18H24F2N2O3/c1-12-5-4-6-13(2)23(12)11-18(24)22-17(19(25)26-3)10-14-7-8-15(20)16(21)9-14;1-11-4-3-5-12(2)22(11)10-17(23)21-16(18(24)25)9-13-6-7-14(19)15(20)8-13/h7-9,12-13,17H,4-6,10-11H2,1-3H3,(H,22,24);6-8,11-12,16H,3-5,9-10H2,1-2H3,(H,21,23)(H,24,25)/t12-,13+,17-;11-,12+,16-/m00/s1. The molecule has 3 N–H and O–H groups in total. The van der Waals surface area contributed by atoms with Gasteiger partial charge >= 0.3 is 11.9 Å². The summed E-state index contributed by atoms with van der Waals surface area (Å²) >= 11 is 0. The molecule has 2 saturated heterocycles. The van der Waals surface area contributed by atoms with Crippen LogP contribution in [0.3, 0.4) is 0 Å². The molecule has 0 aromatic heterocycles. The summed E-state index contributed by atoms with van der Waals surface area (Å²) in [6, 6.07) is 5.61. The molecule has 0 aliphatic carbocycles. The van der Waals surface area contributed by atoms with E-state index in [2.05, 4.69) is 48.1 Å². The lowest BCUT2D eigenvalue weighted by Crippen LogP contribution is -2.52. The molecule has 2 amide bonds. The van der Waals surface area contributed by atoms with Gasteiger partial charge in [-0.25, -0.2) is 27.2 Å². The Labute approximate surface area is 296 Å². The van der Waals surface area contributed by atoms with Crippen molar-refractivity contribution in [1.29, 1.82) is 0 Å². The van der Waals surface area contributed by atoms with Crippen LogP contribution in [0.15, 0.2) is 36.4 Å². The van der Waals surface area contributed by atoms with Gasteiger partial charge in [0.05, 0.1) is 20.2 Å². The maximum Gasteiger partial charge on any atom is 0.328 e. The number of piperidine rings is 2. The second kappa shape index (κ2) is 19.5. The van der Waals surface area contributed by atoms with E-state index in [4.69, 9.17) is 4.74 Å². The van der Waals surface area contributed by atoms with Gasteiger partial charge in [-0.1, -0.05) is 25.0 Å². The molecule has 14 heteroatoms. The van der Waals surface area contributed by atoms with Crippen molar-refractivity contribution < 1.29 is 46.6 Å². The summed E-state index contributed by atoms with van der Waals surface area (Å²) in [4.78, 5) is 52.3. The van der Waals surface area contributed by atoms with Crippen LogP contribution in [0.4, 0.5) is 17.6 Å². The zero-order valence-corrected chi connectivity index (χ0v) is 29.9. The highest BCUT2D eigenvalue weighted by atomic mass is 19.2. The maximum absolute atomic E-state index is 13.4. The van der Waals surface area contributed by atoms with Crippen molar-refractivity contribution in [2.45, 2.75) is 115 Å². The predicted molar refractivity (Wildman–Crippen MR) is 183 cm³/mol. The molecule has 0 unspecified atom stereocenters. The number of halogens is 4. The minimum absolute atomic E-state index is 0.0285. The molecule has 0 radical (unpaired) electrons. The van der Waals surface area contributed by atoms with Gasteiger partial charge in [0.25, 0.3) is 0 Å². The predicted octanol–water partition coefficient (Wildman–Crippen LogP) is 4.77. The van der Waals surface area contributed by atoms with Gasteiger partial charge in [0, 0.05) is 37.0 Å². The van der Waals surface area contributed by atoms with Gasteiger partial charge in [0.2, 0.25) is 11.8 Å². The molecule has 0 saturated carbocycles. The van der Waals surface area contributed by atoms with E-state index in [-0.39, 0.29) is 49.8 Å². The van der Waals surface area contributed by atoms with Gasteiger partial charge in [-0.15, -0.1) is 0 Å². The number of esters is 1. The molecule has 51 heavy (non-hydrogen) atoms. The highest BCUT2D eigenvalue weighted by Gasteiger charge is 2.30. The number of benzene rings is 2. The number of carboxylic acid groups (broad SMARTS) is 1. The Balaban J connectivity index is 0.000000276. The summed E-state index contributed by atoms with van der Waals surface area (Å²) in [6.07, 6.45) is 6.27. The molecule has 2 aromatic carbocycles. The van der Waals surface area contributed by atoms with Crippen molar-refractivity contribution in [3.05, 3.63) is 70.8 Å². The number of nitrogens with zero attached hydrogens (tertiary/aromatic N) is 2. The number of carboxylic acids is 1. The zero-order chi connectivity index (χ0) is 37.8. The molecule has 2 aromatic rings. The first-order valence-corrected chi connectivity index (χ1v) is 17.4. The fourth-order valence-corrected chi connectivity index (χ4v) is 6.72. The summed E-state index contributed by atoms with van der Waals surface area (Å²) in [5.74, 6) is -6.48. The van der Waals surface area contributed by atoms with Crippen molar-refractivity contribution >= 4 is 23.8 Å². The van der Waals surface area contributed by atoms with Gasteiger partial charge in [0.15, 0.2) is 23.3 Å². The lowest BCUT2D eigenvalue weighted by Gasteiger charge is -2.38. The van der Waals surface area contributed by atoms with Crippen LogP contribution in [0.1, 0.15) is 77.3 Å². The number of methoxy groups -OCH3 is 1. The molecule has 2 aliphatic heterocycles. The van der Waals surface area contributed by atoms with Crippen molar-refractivity contribution in [2.75, 3.05) is 20.2 Å². The average Bonchev–Trinajstić information content (AvgIpc) is 3.07. The summed E-state index contributed by atoms with van der Waals surface area (Å²) in [5.41, 5.74) is 0.714. The fraction of sp³-hybridized carbons (Fsp3) is 0.568. The van der Waals surface area contributed by atoms with E-state index >= 15 is 0 Å². The van der Waals surface area contributed by atoms with Gasteiger partial charge < -0.3 is 20.5 Å². The highest BCUT2D eigenvalue weighted by Crippen LogP contribution is 2.23. The highest BCUT2D eigenvalue weighted by molar-refractivity contribution is 5.86. The Morgan fingerprint density at radius 3 is 1.41 bits per heavy atom. The van der Waals surface area contributed by atoms with Gasteiger partial charge in [-0.3, -0.25) is 19.4 Å². The number of nitrogens with one attached hydrogen (secondary N) is 2. The largest absolute Gasteiger partial charge is 0.480 e. The Hall–Kier alpha value is -4.04. The molecular weight excluding hydrogens is 672 g/mol. The van der Waals surface area contributed by atoms with Crippen molar-refractivity contribution in [3.63, 3.8) is 0 Å². The first kappa shape index (κ1) is 41.4. The van der Waals surface area contributed by atoms with E-state index in [9.17, 15) is 41.8 Å². The molecule has 0 bridgehead atoms. The topological polar surface area (TPSA) is 128 Å². The van der Waals surface area contributed by atoms with Gasteiger partial charge in [-0.2, -0.15) is 0 Å². The Morgan fingerprint density at radius 1 is 0.686 bits per heavy atom. The average molecular weight is 723 g/mol. The van der Waals surface area contributed by atoms with E-state index in [1.54, 1.807) is 0 Å². The molecule has 0 spiro atoms. The normalized spacial score (nSPS) is 22.1. The van der Waals surface area contributed by atoms with E-state index in [0.717, 1.165) is 62.8 Å². The van der Waals surface area contributed by atoms with Crippen LogP contribution in [0.5, 0.6) is 0 Å². The second-order valence-electron chi connectivity index (χ2n) is 13.6. The van der Waals surface area contributed by atoms with E-state index in [0.29, 0.717) is 23.2 Å². The number of ether oxygens (including phenoxy) is 1. The molecule has 2 aliphatic rings. The molecule has 4 rings (SSSR count). The number of carbonyl (C=O) groups is 4. The summed E-state index contributed by atoms with van der Waals surface area (Å²) < 4.78 is 57.4. The Kier molecular flexibility index (Phi) is 15.9. The van der Waals surface area contributed by atoms with Gasteiger partial charge in [0.1, 0.15) is 12.1 Å². The number of carbonyl (C=O) groups excluding carboxylic acids is 3. The lowest BCUT2D eigenvalue weighted by molar-refractivity contribution is -0.145. The third kappa shape index (κ3) is 12.6. The fourth-order valence-electron chi connectivity index (χ4n) is 6.72. The molecule has 2 fully saturated rings. The molecular formula is C37H50F4N4O6. The van der Waals surface area contributed by atoms with Crippen LogP contribution in [0.25, 0.3) is 0 Å². The third-order valence-corrected chi connectivity index (χ3v) is 9.71. The maximum atomic E-state index is 13.4. The zero-order valence-electron chi connectivity index (χ0n) is 29.9. The van der Waals surface area contributed by atoms with E-state index in [1.807, 2.05) is 0 Å². The van der Waals surface area contributed by atoms with Crippen molar-refractivity contribution in [3.8, 4) is 0 Å². The second-order valence-corrected chi connectivity index (χ2v) is 13.6. The number of hydrogen-bond acceptors (Lipinski definition) is 7. The third-order valence-electron chi connectivity index (χ3n) is 9.71. The smallest absolute Gasteiger partial charge is 0.328 e. The Bertz CT molecular complexity index is 1490. The SMILES string of the molecule is COC(=O)[C@H](Cc1ccc(F)c(F)c1)NC(=O)CN1[C@H](C)CCC[C@@H]1C.C[C@@H]1CCC[C@H](C)N1CC(=O)N[C@@H](Cc1ccc(F)c(F)c1)C(=O)O. The molecule has 2 heterocycles.